The van der Waals surface area contributed by atoms with Gasteiger partial charge in [-0.3, -0.25) is 4.89 Å². The summed E-state index contributed by atoms with van der Waals surface area (Å²) in [7, 11) is -4.24. The first-order valence-corrected chi connectivity index (χ1v) is 10.3. The topological polar surface area (TPSA) is 55.8 Å². The highest BCUT2D eigenvalue weighted by molar-refractivity contribution is 7.48. The summed E-state index contributed by atoms with van der Waals surface area (Å²) in [5, 5.41) is 0. The molecule has 4 nitrogen and oxygen atoms in total. The van der Waals surface area contributed by atoms with Crippen molar-refractivity contribution in [1.82, 2.24) is 0 Å². The molecule has 1 N–H and O–H groups in total. The van der Waals surface area contributed by atoms with E-state index in [1.54, 1.807) is 36.4 Å². The first-order chi connectivity index (χ1) is 11.9. The molecule has 0 aromatic heterocycles. The first-order valence-electron chi connectivity index (χ1n) is 8.76. The fourth-order valence-electron chi connectivity index (χ4n) is 3.28. The minimum absolute atomic E-state index is 0.00190. The molecule has 0 radical (unpaired) electrons. The van der Waals surface area contributed by atoms with Crippen LogP contribution < -0.4 is 9.05 Å². The zero-order valence-electron chi connectivity index (χ0n) is 16.4. The number of benzene rings is 2. The van der Waals surface area contributed by atoms with E-state index < -0.39 is 7.82 Å². The third-order valence-electron chi connectivity index (χ3n) is 4.07. The van der Waals surface area contributed by atoms with Crippen LogP contribution in [0, 0.1) is 12.3 Å². The van der Waals surface area contributed by atoms with Gasteiger partial charge in [0.15, 0.2) is 0 Å². The Morgan fingerprint density at radius 2 is 1.27 bits per heavy atom. The van der Waals surface area contributed by atoms with Gasteiger partial charge in [-0.1, -0.05) is 64.4 Å². The van der Waals surface area contributed by atoms with Crippen molar-refractivity contribution in [1.29, 1.82) is 0 Å². The first kappa shape index (κ1) is 20.5. The Morgan fingerprint density at radius 3 is 1.69 bits per heavy atom. The van der Waals surface area contributed by atoms with Crippen molar-refractivity contribution in [3.05, 3.63) is 59.7 Å². The summed E-state index contributed by atoms with van der Waals surface area (Å²) in [5.74, 6) is 0.600. The molecule has 0 spiro atoms. The average Bonchev–Trinajstić information content (AvgIpc) is 2.47. The maximum Gasteiger partial charge on any atom is 0.584 e. The van der Waals surface area contributed by atoms with E-state index in [-0.39, 0.29) is 10.8 Å². The number of aryl methyl sites for hydroxylation is 1. The SMILES string of the molecule is Cc1ccc(OP(=O)(O)Oc2ccc(C(C)(C)CC(C)(C)C)cc2)cc1. The molecule has 1 atom stereocenters. The molecule has 0 amide bonds. The number of phosphoric ester groups is 1. The minimum Gasteiger partial charge on any atom is -0.395 e. The number of hydrogen-bond acceptors (Lipinski definition) is 3. The molecule has 0 saturated heterocycles. The molecule has 5 heteroatoms. The van der Waals surface area contributed by atoms with Crippen LogP contribution in [0.3, 0.4) is 0 Å². The second-order valence-electron chi connectivity index (χ2n) is 8.61. The molecule has 26 heavy (non-hydrogen) atoms. The summed E-state index contributed by atoms with van der Waals surface area (Å²) in [6.45, 7) is 13.0. The van der Waals surface area contributed by atoms with Crippen LogP contribution in [0.4, 0.5) is 0 Å². The van der Waals surface area contributed by atoms with Gasteiger partial charge in [-0.05, 0) is 54.0 Å². The second-order valence-corrected chi connectivity index (χ2v) is 9.91. The van der Waals surface area contributed by atoms with Crippen molar-refractivity contribution in [2.75, 3.05) is 0 Å². The molecule has 142 valence electrons. The largest absolute Gasteiger partial charge is 0.584 e. The highest BCUT2D eigenvalue weighted by Gasteiger charge is 2.28. The summed E-state index contributed by atoms with van der Waals surface area (Å²) in [6.07, 6.45) is 1.02. The summed E-state index contributed by atoms with van der Waals surface area (Å²) in [5.41, 5.74) is 2.41. The zero-order chi connectivity index (χ0) is 19.6. The summed E-state index contributed by atoms with van der Waals surface area (Å²) >= 11 is 0. The molecule has 0 aliphatic heterocycles. The Balaban J connectivity index is 2.08. The molecular weight excluding hydrogens is 347 g/mol. The van der Waals surface area contributed by atoms with Gasteiger partial charge in [-0.15, -0.1) is 0 Å². The van der Waals surface area contributed by atoms with Gasteiger partial charge >= 0.3 is 7.82 Å². The lowest BCUT2D eigenvalue weighted by molar-refractivity contribution is 0.283. The Morgan fingerprint density at radius 1 is 0.846 bits per heavy atom. The van der Waals surface area contributed by atoms with Gasteiger partial charge in [0, 0.05) is 0 Å². The lowest BCUT2D eigenvalue weighted by Crippen LogP contribution is -2.24. The molecular formula is C21H29O4P. The standard InChI is InChI=1S/C21H29O4P/c1-16-7-11-18(12-8-16)24-26(22,23)25-19-13-9-17(10-14-19)21(5,6)15-20(2,3)4/h7-14H,15H2,1-6H3,(H,22,23). The van der Waals surface area contributed by atoms with Crippen LogP contribution in [0.15, 0.2) is 48.5 Å². The summed E-state index contributed by atoms with van der Waals surface area (Å²) in [4.78, 5) is 9.98. The quantitative estimate of drug-likeness (QED) is 0.604. The van der Waals surface area contributed by atoms with Gasteiger partial charge in [0.25, 0.3) is 0 Å². The number of phosphoric acid groups is 1. The predicted octanol–water partition coefficient (Wildman–Crippen LogP) is 6.27. The monoisotopic (exact) mass is 376 g/mol. The van der Waals surface area contributed by atoms with Crippen LogP contribution in [0.5, 0.6) is 11.5 Å². The van der Waals surface area contributed by atoms with E-state index >= 15 is 0 Å². The summed E-state index contributed by atoms with van der Waals surface area (Å²) in [6, 6.07) is 14.2. The van der Waals surface area contributed by atoms with E-state index in [2.05, 4.69) is 34.6 Å². The Labute approximate surface area is 156 Å². The lowest BCUT2D eigenvalue weighted by Gasteiger charge is -2.33. The predicted molar refractivity (Wildman–Crippen MR) is 106 cm³/mol. The van der Waals surface area contributed by atoms with Gasteiger partial charge in [-0.2, -0.15) is 0 Å². The third-order valence-corrected chi connectivity index (χ3v) is 4.95. The molecule has 2 aromatic carbocycles. The highest BCUT2D eigenvalue weighted by atomic mass is 31.2. The van der Waals surface area contributed by atoms with Crippen molar-refractivity contribution in [3.63, 3.8) is 0 Å². The van der Waals surface area contributed by atoms with Gasteiger partial charge in [0.1, 0.15) is 11.5 Å². The smallest absolute Gasteiger partial charge is 0.395 e. The van der Waals surface area contributed by atoms with Crippen LogP contribution in [0.1, 0.15) is 52.2 Å². The molecule has 0 saturated carbocycles. The zero-order valence-corrected chi connectivity index (χ0v) is 17.3. The fourth-order valence-corrected chi connectivity index (χ4v) is 4.09. The molecule has 0 heterocycles. The molecule has 2 aromatic rings. The third kappa shape index (κ3) is 6.19. The van der Waals surface area contributed by atoms with Crippen molar-refractivity contribution in [3.8, 4) is 11.5 Å². The summed E-state index contributed by atoms with van der Waals surface area (Å²) < 4.78 is 22.5. The van der Waals surface area contributed by atoms with Crippen LogP contribution >= 0.6 is 7.82 Å². The Bertz CT molecular complexity index is 771. The molecule has 1 unspecified atom stereocenters. The van der Waals surface area contributed by atoms with Crippen molar-refractivity contribution >= 4 is 7.82 Å². The van der Waals surface area contributed by atoms with Crippen molar-refractivity contribution in [2.45, 2.75) is 53.4 Å². The fraction of sp³-hybridized carbons (Fsp3) is 0.429. The van der Waals surface area contributed by atoms with Gasteiger partial charge in [0.2, 0.25) is 0 Å². The van der Waals surface area contributed by atoms with Crippen molar-refractivity contribution in [2.24, 2.45) is 5.41 Å². The van der Waals surface area contributed by atoms with E-state index in [0.717, 1.165) is 17.5 Å². The van der Waals surface area contributed by atoms with Crippen LogP contribution in [-0.2, 0) is 9.98 Å². The van der Waals surface area contributed by atoms with Gasteiger partial charge < -0.3 is 9.05 Å². The lowest BCUT2D eigenvalue weighted by atomic mass is 9.72. The van der Waals surface area contributed by atoms with Gasteiger partial charge in [0.05, 0.1) is 0 Å². The number of hydrogen-bond donors (Lipinski definition) is 1. The van der Waals surface area contributed by atoms with E-state index in [9.17, 15) is 9.46 Å². The molecule has 0 fully saturated rings. The highest BCUT2D eigenvalue weighted by Crippen LogP contribution is 2.45. The van der Waals surface area contributed by atoms with E-state index in [0.29, 0.717) is 11.5 Å². The Hall–Kier alpha value is -1.77. The van der Waals surface area contributed by atoms with Crippen LogP contribution in [0.2, 0.25) is 0 Å². The van der Waals surface area contributed by atoms with Gasteiger partial charge in [-0.25, -0.2) is 4.57 Å². The van der Waals surface area contributed by atoms with E-state index in [1.165, 1.54) is 0 Å². The maximum absolute atomic E-state index is 12.2. The Kier molecular flexibility index (Phi) is 5.89. The van der Waals surface area contributed by atoms with Crippen LogP contribution in [-0.4, -0.2) is 4.89 Å². The van der Waals surface area contributed by atoms with Crippen LogP contribution in [0.25, 0.3) is 0 Å². The van der Waals surface area contributed by atoms with E-state index in [4.69, 9.17) is 9.05 Å². The minimum atomic E-state index is -4.24. The molecule has 0 bridgehead atoms. The molecule has 0 aliphatic carbocycles. The normalized spacial score (nSPS) is 14.6. The molecule has 2 rings (SSSR count). The van der Waals surface area contributed by atoms with Crippen molar-refractivity contribution < 1.29 is 18.5 Å². The maximum atomic E-state index is 12.2. The number of rotatable bonds is 6. The second kappa shape index (κ2) is 7.46. The molecule has 0 aliphatic rings. The van der Waals surface area contributed by atoms with E-state index in [1.807, 2.05) is 19.1 Å². The average molecular weight is 376 g/mol.